The van der Waals surface area contributed by atoms with Crippen molar-refractivity contribution in [3.8, 4) is 0 Å². The van der Waals surface area contributed by atoms with E-state index in [0.717, 1.165) is 30.1 Å². The first-order valence-electron chi connectivity index (χ1n) is 10.4. The van der Waals surface area contributed by atoms with E-state index in [-0.39, 0.29) is 0 Å². The molecule has 2 aromatic carbocycles. The lowest BCUT2D eigenvalue weighted by Gasteiger charge is -2.48. The SMILES string of the molecule is CCc1ccc2c3c(ccc2c1)CC1C(CCC2CCCCC21)C3. The summed E-state index contributed by atoms with van der Waals surface area (Å²) in [5, 5.41) is 3.02. The van der Waals surface area contributed by atoms with Crippen LogP contribution in [0.2, 0.25) is 0 Å². The van der Waals surface area contributed by atoms with Crippen LogP contribution in [-0.2, 0) is 19.3 Å². The van der Waals surface area contributed by atoms with Gasteiger partial charge in [-0.1, -0.05) is 56.5 Å². The molecule has 2 aromatic rings. The molecule has 0 radical (unpaired) electrons. The van der Waals surface area contributed by atoms with Crippen LogP contribution in [-0.4, -0.2) is 0 Å². The molecule has 0 N–H and O–H groups in total. The van der Waals surface area contributed by atoms with Gasteiger partial charge in [-0.15, -0.1) is 0 Å². The van der Waals surface area contributed by atoms with Gasteiger partial charge in [-0.05, 0) is 89.7 Å². The highest BCUT2D eigenvalue weighted by molar-refractivity contribution is 5.87. The maximum Gasteiger partial charge on any atom is -0.0149 e. The highest BCUT2D eigenvalue weighted by Gasteiger charge is 2.42. The lowest BCUT2D eigenvalue weighted by atomic mass is 9.57. The molecule has 0 amide bonds. The standard InChI is InChI=1S/C24H30/c1-2-16-7-12-22-18(13-16)10-11-20-14-23-19(15-24(20)22)9-8-17-5-3-4-6-21(17)23/h7,10-13,17,19,21,23H,2-6,8-9,14-15H2,1H3. The molecule has 0 aromatic heterocycles. The lowest BCUT2D eigenvalue weighted by molar-refractivity contribution is 0.0490. The summed E-state index contributed by atoms with van der Waals surface area (Å²) in [6.45, 7) is 2.26. The average molecular weight is 319 g/mol. The van der Waals surface area contributed by atoms with E-state index in [1.807, 2.05) is 0 Å². The van der Waals surface area contributed by atoms with Crippen molar-refractivity contribution >= 4 is 10.8 Å². The van der Waals surface area contributed by atoms with Gasteiger partial charge >= 0.3 is 0 Å². The van der Waals surface area contributed by atoms with Gasteiger partial charge in [0, 0.05) is 0 Å². The van der Waals surface area contributed by atoms with Gasteiger partial charge in [0.05, 0.1) is 0 Å². The number of aryl methyl sites for hydroxylation is 1. The minimum atomic E-state index is 0.966. The third-order valence-corrected chi connectivity index (χ3v) is 7.65. The second-order valence-corrected chi connectivity index (χ2v) is 8.73. The monoisotopic (exact) mass is 318 g/mol. The molecule has 2 saturated carbocycles. The number of hydrogen-bond donors (Lipinski definition) is 0. The van der Waals surface area contributed by atoms with Crippen LogP contribution in [0.1, 0.15) is 62.1 Å². The minimum absolute atomic E-state index is 0.966. The quantitative estimate of drug-likeness (QED) is 0.576. The number of fused-ring (bicyclic) bond motifs is 6. The first-order valence-corrected chi connectivity index (χ1v) is 10.4. The van der Waals surface area contributed by atoms with E-state index in [4.69, 9.17) is 0 Å². The molecule has 3 aliphatic rings. The van der Waals surface area contributed by atoms with E-state index in [1.54, 1.807) is 16.5 Å². The zero-order valence-corrected chi connectivity index (χ0v) is 15.1. The Bertz CT molecular complexity index is 756. The smallest absolute Gasteiger partial charge is 0.0149 e. The molecule has 0 aliphatic heterocycles. The largest absolute Gasteiger partial charge is 0.0613 e. The van der Waals surface area contributed by atoms with Crippen molar-refractivity contribution in [2.75, 3.05) is 0 Å². The Kier molecular flexibility index (Phi) is 3.69. The molecular weight excluding hydrogens is 288 g/mol. The zero-order chi connectivity index (χ0) is 16.1. The van der Waals surface area contributed by atoms with Gasteiger partial charge in [0.15, 0.2) is 0 Å². The number of benzene rings is 2. The van der Waals surface area contributed by atoms with E-state index in [1.165, 1.54) is 62.3 Å². The summed E-state index contributed by atoms with van der Waals surface area (Å²) in [4.78, 5) is 0. The average Bonchev–Trinajstić information content (AvgIpc) is 2.65. The Morgan fingerprint density at radius 1 is 0.833 bits per heavy atom. The molecule has 2 fully saturated rings. The van der Waals surface area contributed by atoms with Crippen molar-refractivity contribution in [1.29, 1.82) is 0 Å². The van der Waals surface area contributed by atoms with Crippen molar-refractivity contribution in [3.05, 3.63) is 47.0 Å². The molecule has 4 unspecified atom stereocenters. The summed E-state index contributed by atoms with van der Waals surface area (Å²) in [6.07, 6.45) is 12.9. The summed E-state index contributed by atoms with van der Waals surface area (Å²) in [5.41, 5.74) is 4.85. The molecule has 0 nitrogen and oxygen atoms in total. The van der Waals surface area contributed by atoms with Gasteiger partial charge in [-0.3, -0.25) is 0 Å². The van der Waals surface area contributed by atoms with Crippen LogP contribution in [0.25, 0.3) is 10.8 Å². The van der Waals surface area contributed by atoms with Gasteiger partial charge in [0.2, 0.25) is 0 Å². The van der Waals surface area contributed by atoms with Crippen molar-refractivity contribution in [2.45, 2.75) is 64.7 Å². The number of hydrogen-bond acceptors (Lipinski definition) is 0. The van der Waals surface area contributed by atoms with Crippen LogP contribution < -0.4 is 0 Å². The second-order valence-electron chi connectivity index (χ2n) is 8.73. The van der Waals surface area contributed by atoms with Crippen molar-refractivity contribution < 1.29 is 0 Å². The topological polar surface area (TPSA) is 0 Å². The molecule has 24 heavy (non-hydrogen) atoms. The predicted octanol–water partition coefficient (Wildman–Crippen LogP) is 6.33. The Labute approximate surface area is 146 Å². The molecule has 0 heterocycles. The molecule has 5 rings (SSSR count). The normalized spacial score (nSPS) is 32.0. The molecular formula is C24H30. The van der Waals surface area contributed by atoms with Gasteiger partial charge in [-0.2, -0.15) is 0 Å². The van der Waals surface area contributed by atoms with Gasteiger partial charge in [-0.25, -0.2) is 0 Å². The predicted molar refractivity (Wildman–Crippen MR) is 102 cm³/mol. The first kappa shape index (κ1) is 15.0. The summed E-state index contributed by atoms with van der Waals surface area (Å²) >= 11 is 0. The Morgan fingerprint density at radius 2 is 1.71 bits per heavy atom. The van der Waals surface area contributed by atoms with E-state index in [2.05, 4.69) is 37.3 Å². The molecule has 0 heteroatoms. The van der Waals surface area contributed by atoms with Crippen LogP contribution in [0, 0.1) is 23.7 Å². The maximum absolute atomic E-state index is 2.47. The van der Waals surface area contributed by atoms with E-state index < -0.39 is 0 Å². The van der Waals surface area contributed by atoms with Crippen LogP contribution >= 0.6 is 0 Å². The molecule has 0 bridgehead atoms. The molecule has 4 atom stereocenters. The summed E-state index contributed by atoms with van der Waals surface area (Å²) in [7, 11) is 0. The molecule has 0 spiro atoms. The third kappa shape index (κ3) is 2.33. The molecule has 0 saturated heterocycles. The lowest BCUT2D eigenvalue weighted by Crippen LogP contribution is -2.40. The highest BCUT2D eigenvalue weighted by atomic mass is 14.5. The van der Waals surface area contributed by atoms with Crippen LogP contribution in [0.4, 0.5) is 0 Å². The summed E-state index contributed by atoms with van der Waals surface area (Å²) in [6, 6.07) is 12.1. The maximum atomic E-state index is 2.47. The Hall–Kier alpha value is -1.30. The van der Waals surface area contributed by atoms with Crippen LogP contribution in [0.3, 0.4) is 0 Å². The van der Waals surface area contributed by atoms with Gasteiger partial charge in [0.1, 0.15) is 0 Å². The van der Waals surface area contributed by atoms with Crippen LogP contribution in [0.15, 0.2) is 30.3 Å². The van der Waals surface area contributed by atoms with Crippen molar-refractivity contribution in [3.63, 3.8) is 0 Å². The highest BCUT2D eigenvalue weighted by Crippen LogP contribution is 2.51. The minimum Gasteiger partial charge on any atom is -0.0613 e. The number of rotatable bonds is 1. The van der Waals surface area contributed by atoms with Gasteiger partial charge in [0.25, 0.3) is 0 Å². The van der Waals surface area contributed by atoms with Gasteiger partial charge < -0.3 is 0 Å². The summed E-state index contributed by atoms with van der Waals surface area (Å²) in [5.74, 6) is 4.06. The fraction of sp³-hybridized carbons (Fsp3) is 0.583. The van der Waals surface area contributed by atoms with Crippen molar-refractivity contribution in [2.24, 2.45) is 23.7 Å². The van der Waals surface area contributed by atoms with E-state index in [9.17, 15) is 0 Å². The molecule has 3 aliphatic carbocycles. The fourth-order valence-electron chi connectivity index (χ4n) is 6.38. The molecule has 126 valence electrons. The van der Waals surface area contributed by atoms with Crippen molar-refractivity contribution in [1.82, 2.24) is 0 Å². The van der Waals surface area contributed by atoms with Crippen LogP contribution in [0.5, 0.6) is 0 Å². The fourth-order valence-corrected chi connectivity index (χ4v) is 6.38. The van der Waals surface area contributed by atoms with E-state index >= 15 is 0 Å². The third-order valence-electron chi connectivity index (χ3n) is 7.65. The second kappa shape index (κ2) is 5.90. The Morgan fingerprint density at radius 3 is 2.62 bits per heavy atom. The summed E-state index contributed by atoms with van der Waals surface area (Å²) < 4.78 is 0. The van der Waals surface area contributed by atoms with E-state index in [0.29, 0.717) is 0 Å². The zero-order valence-electron chi connectivity index (χ0n) is 15.1. The Balaban J connectivity index is 1.53. The first-order chi connectivity index (χ1) is 11.8.